The van der Waals surface area contributed by atoms with Crippen molar-refractivity contribution in [3.63, 3.8) is 0 Å². The number of hydrogen-bond donors (Lipinski definition) is 2. The Labute approximate surface area is 154 Å². The third-order valence-electron chi connectivity index (χ3n) is 3.85. The number of benzene rings is 2. The second-order valence-electron chi connectivity index (χ2n) is 5.92. The number of furan rings is 1. The van der Waals surface area contributed by atoms with Gasteiger partial charge in [0, 0.05) is 28.7 Å². The van der Waals surface area contributed by atoms with E-state index in [2.05, 4.69) is 20.6 Å². The Bertz CT molecular complexity index is 1140. The van der Waals surface area contributed by atoms with E-state index in [4.69, 9.17) is 16.0 Å². The van der Waals surface area contributed by atoms with Crippen molar-refractivity contribution in [3.8, 4) is 0 Å². The van der Waals surface area contributed by atoms with E-state index >= 15 is 0 Å². The van der Waals surface area contributed by atoms with Gasteiger partial charge in [0.05, 0.1) is 0 Å². The summed E-state index contributed by atoms with van der Waals surface area (Å²) in [6.07, 6.45) is 0. The molecule has 0 aliphatic carbocycles. The fraction of sp³-hybridized carbons (Fsp3) is 0.105. The molecule has 26 heavy (non-hydrogen) atoms. The average molecular weight is 367 g/mol. The van der Waals surface area contributed by atoms with Crippen molar-refractivity contribution in [1.29, 1.82) is 0 Å². The molecule has 0 radical (unpaired) electrons. The number of hydrogen-bond acceptors (Lipinski definition) is 5. The van der Waals surface area contributed by atoms with E-state index in [1.807, 2.05) is 43.3 Å². The summed E-state index contributed by atoms with van der Waals surface area (Å²) in [7, 11) is 0. The third kappa shape index (κ3) is 3.07. The zero-order valence-corrected chi connectivity index (χ0v) is 14.9. The summed E-state index contributed by atoms with van der Waals surface area (Å²) < 4.78 is 5.94. The van der Waals surface area contributed by atoms with Gasteiger partial charge in [-0.1, -0.05) is 11.6 Å². The lowest BCUT2D eigenvalue weighted by atomic mass is 10.2. The summed E-state index contributed by atoms with van der Waals surface area (Å²) in [5.41, 5.74) is 3.53. The molecule has 2 aromatic carbocycles. The normalized spacial score (nSPS) is 11.0. The molecule has 4 rings (SSSR count). The van der Waals surface area contributed by atoms with Crippen LogP contribution in [0.15, 0.2) is 46.9 Å². The van der Waals surface area contributed by atoms with Gasteiger partial charge in [0.1, 0.15) is 16.9 Å². The van der Waals surface area contributed by atoms with Crippen LogP contribution >= 0.6 is 11.6 Å². The van der Waals surface area contributed by atoms with Gasteiger partial charge < -0.3 is 15.1 Å². The molecule has 6 nitrogen and oxygen atoms in total. The van der Waals surface area contributed by atoms with Crippen molar-refractivity contribution in [3.05, 3.63) is 53.3 Å². The number of nitrogens with one attached hydrogen (secondary N) is 2. The van der Waals surface area contributed by atoms with Gasteiger partial charge in [-0.3, -0.25) is 4.79 Å². The standard InChI is InChI=1S/C19H15ClN4O2/c1-10-21-17-15-9-12(20)3-8-16(15)26-18(17)19(22-10)24-14-6-4-13(5-7-14)23-11(2)25/h3-9H,1-2H3,(H,23,25)(H,21,22,24). The average Bonchev–Trinajstić information content (AvgIpc) is 2.94. The second kappa shape index (κ2) is 6.31. The summed E-state index contributed by atoms with van der Waals surface area (Å²) in [6.45, 7) is 3.30. The van der Waals surface area contributed by atoms with Crippen LogP contribution in [0.5, 0.6) is 0 Å². The third-order valence-corrected chi connectivity index (χ3v) is 4.09. The van der Waals surface area contributed by atoms with Crippen LogP contribution in [0.4, 0.5) is 17.2 Å². The van der Waals surface area contributed by atoms with E-state index < -0.39 is 0 Å². The summed E-state index contributed by atoms with van der Waals surface area (Å²) in [5, 5.41) is 7.46. The van der Waals surface area contributed by atoms with E-state index in [1.165, 1.54) is 6.92 Å². The summed E-state index contributed by atoms with van der Waals surface area (Å²) in [4.78, 5) is 20.1. The molecule has 1 amide bonds. The van der Waals surface area contributed by atoms with E-state index in [1.54, 1.807) is 6.07 Å². The van der Waals surface area contributed by atoms with Gasteiger partial charge in [0.25, 0.3) is 0 Å². The van der Waals surface area contributed by atoms with Crippen LogP contribution in [-0.2, 0) is 4.79 Å². The molecule has 0 unspecified atom stereocenters. The topological polar surface area (TPSA) is 80.0 Å². The number of amides is 1. The Morgan fingerprint density at radius 1 is 1.08 bits per heavy atom. The highest BCUT2D eigenvalue weighted by atomic mass is 35.5. The predicted octanol–water partition coefficient (Wildman–Crippen LogP) is 5.04. The lowest BCUT2D eigenvalue weighted by molar-refractivity contribution is -0.114. The van der Waals surface area contributed by atoms with Gasteiger partial charge in [-0.05, 0) is 49.4 Å². The van der Waals surface area contributed by atoms with E-state index in [0.29, 0.717) is 33.3 Å². The Morgan fingerprint density at radius 2 is 1.81 bits per heavy atom. The van der Waals surface area contributed by atoms with Gasteiger partial charge in [0.2, 0.25) is 5.91 Å². The molecule has 0 aliphatic rings. The van der Waals surface area contributed by atoms with Crippen LogP contribution in [0.1, 0.15) is 12.7 Å². The van der Waals surface area contributed by atoms with Crippen molar-refractivity contribution in [1.82, 2.24) is 9.97 Å². The van der Waals surface area contributed by atoms with Crippen molar-refractivity contribution >= 4 is 56.8 Å². The number of carbonyl (C=O) groups excluding carboxylic acids is 1. The molecule has 2 N–H and O–H groups in total. The zero-order valence-electron chi connectivity index (χ0n) is 14.1. The number of aryl methyl sites for hydroxylation is 1. The molecular formula is C19H15ClN4O2. The highest BCUT2D eigenvalue weighted by Gasteiger charge is 2.15. The first-order chi connectivity index (χ1) is 12.5. The molecule has 0 fully saturated rings. The first-order valence-electron chi connectivity index (χ1n) is 8.01. The number of aromatic nitrogens is 2. The summed E-state index contributed by atoms with van der Waals surface area (Å²) >= 11 is 6.11. The number of anilines is 3. The minimum Gasteiger partial charge on any atom is -0.450 e. The highest BCUT2D eigenvalue weighted by molar-refractivity contribution is 6.31. The minimum absolute atomic E-state index is 0.111. The number of rotatable bonds is 3. The van der Waals surface area contributed by atoms with E-state index in [9.17, 15) is 4.79 Å². The SMILES string of the molecule is CC(=O)Nc1ccc(Nc2nc(C)nc3c2oc2ccc(Cl)cc23)cc1. The highest BCUT2D eigenvalue weighted by Crippen LogP contribution is 2.34. The first kappa shape index (κ1) is 16.4. The van der Waals surface area contributed by atoms with Crippen molar-refractivity contribution in [2.24, 2.45) is 0 Å². The van der Waals surface area contributed by atoms with E-state index in [0.717, 1.165) is 16.8 Å². The molecular weight excluding hydrogens is 352 g/mol. The maximum absolute atomic E-state index is 11.1. The molecule has 130 valence electrons. The van der Waals surface area contributed by atoms with Crippen LogP contribution in [0.3, 0.4) is 0 Å². The van der Waals surface area contributed by atoms with Crippen LogP contribution in [0, 0.1) is 6.92 Å². The van der Waals surface area contributed by atoms with Gasteiger partial charge >= 0.3 is 0 Å². The van der Waals surface area contributed by atoms with Crippen LogP contribution in [0.2, 0.25) is 5.02 Å². The Balaban J connectivity index is 1.76. The first-order valence-corrected chi connectivity index (χ1v) is 8.38. The predicted molar refractivity (Wildman–Crippen MR) is 103 cm³/mol. The molecule has 0 saturated heterocycles. The maximum atomic E-state index is 11.1. The minimum atomic E-state index is -0.111. The molecule has 4 aromatic rings. The van der Waals surface area contributed by atoms with Gasteiger partial charge in [-0.2, -0.15) is 0 Å². The molecule has 0 bridgehead atoms. The molecule has 2 heterocycles. The monoisotopic (exact) mass is 366 g/mol. The van der Waals surface area contributed by atoms with Gasteiger partial charge in [-0.25, -0.2) is 9.97 Å². The van der Waals surface area contributed by atoms with Crippen molar-refractivity contribution < 1.29 is 9.21 Å². The Hall–Kier alpha value is -3.12. The molecule has 0 spiro atoms. The molecule has 7 heteroatoms. The van der Waals surface area contributed by atoms with Crippen molar-refractivity contribution in [2.45, 2.75) is 13.8 Å². The van der Waals surface area contributed by atoms with Gasteiger partial charge in [0.15, 0.2) is 11.4 Å². The number of carbonyl (C=O) groups is 1. The number of halogens is 1. The van der Waals surface area contributed by atoms with Gasteiger partial charge in [-0.15, -0.1) is 0 Å². The lowest BCUT2D eigenvalue weighted by Crippen LogP contribution is -2.05. The maximum Gasteiger partial charge on any atom is 0.221 e. The summed E-state index contributed by atoms with van der Waals surface area (Å²) in [6, 6.07) is 12.8. The number of fused-ring (bicyclic) bond motifs is 3. The fourth-order valence-corrected chi connectivity index (χ4v) is 2.96. The molecule has 0 saturated carbocycles. The second-order valence-corrected chi connectivity index (χ2v) is 6.36. The largest absolute Gasteiger partial charge is 0.450 e. The van der Waals surface area contributed by atoms with E-state index in [-0.39, 0.29) is 5.91 Å². The zero-order chi connectivity index (χ0) is 18.3. The fourth-order valence-electron chi connectivity index (χ4n) is 2.79. The lowest BCUT2D eigenvalue weighted by Gasteiger charge is -2.08. The molecule has 0 aliphatic heterocycles. The van der Waals surface area contributed by atoms with Crippen LogP contribution in [-0.4, -0.2) is 15.9 Å². The smallest absolute Gasteiger partial charge is 0.221 e. The number of nitrogens with zero attached hydrogens (tertiary/aromatic N) is 2. The molecule has 2 aromatic heterocycles. The van der Waals surface area contributed by atoms with Crippen LogP contribution in [0.25, 0.3) is 22.1 Å². The van der Waals surface area contributed by atoms with Crippen molar-refractivity contribution in [2.75, 3.05) is 10.6 Å². The molecule has 0 atom stereocenters. The Kier molecular flexibility index (Phi) is 3.97. The summed E-state index contributed by atoms with van der Waals surface area (Å²) in [5.74, 6) is 1.09. The van der Waals surface area contributed by atoms with Crippen LogP contribution < -0.4 is 10.6 Å². The quantitative estimate of drug-likeness (QED) is 0.531. The Morgan fingerprint density at radius 3 is 2.54 bits per heavy atom.